The molecule has 7 heteroatoms. The second-order valence-electron chi connectivity index (χ2n) is 4.66. The number of nitrogens with one attached hydrogen (secondary N) is 2. The van der Waals surface area contributed by atoms with Gasteiger partial charge in [-0.15, -0.1) is 0 Å². The van der Waals surface area contributed by atoms with Gasteiger partial charge in [0, 0.05) is 13.0 Å². The smallest absolute Gasteiger partial charge is 0.326 e. The fourth-order valence-corrected chi connectivity index (χ4v) is 1.76. The average molecular weight is 272 g/mol. The Bertz CT molecular complexity index is 341. The molecule has 1 aliphatic carbocycles. The normalized spacial score (nSPS) is 16.1. The Balaban J connectivity index is 2.28. The second kappa shape index (κ2) is 7.60. The first-order chi connectivity index (χ1) is 9.02. The van der Waals surface area contributed by atoms with Gasteiger partial charge < -0.3 is 20.5 Å². The van der Waals surface area contributed by atoms with Crippen molar-refractivity contribution in [3.05, 3.63) is 0 Å². The van der Waals surface area contributed by atoms with Crippen LogP contribution in [0.1, 0.15) is 32.1 Å². The van der Waals surface area contributed by atoms with E-state index in [1.54, 1.807) is 0 Å². The van der Waals surface area contributed by atoms with Gasteiger partial charge in [0.15, 0.2) is 0 Å². The van der Waals surface area contributed by atoms with Gasteiger partial charge in [0.05, 0.1) is 7.11 Å². The Labute approximate surface area is 111 Å². The van der Waals surface area contributed by atoms with Gasteiger partial charge in [-0.2, -0.15) is 0 Å². The number of carboxylic acid groups (broad SMARTS) is 1. The van der Waals surface area contributed by atoms with Crippen LogP contribution in [0.25, 0.3) is 0 Å². The Morgan fingerprint density at radius 3 is 2.53 bits per heavy atom. The number of urea groups is 1. The van der Waals surface area contributed by atoms with Crippen molar-refractivity contribution >= 4 is 18.0 Å². The molecular formula is C12H20N2O5. The molecule has 1 rings (SSSR count). The highest BCUT2D eigenvalue weighted by molar-refractivity contribution is 5.83. The Hall–Kier alpha value is -1.79. The van der Waals surface area contributed by atoms with E-state index in [9.17, 15) is 14.4 Å². The van der Waals surface area contributed by atoms with Crippen LogP contribution in [0.5, 0.6) is 0 Å². The molecule has 0 aliphatic heterocycles. The molecule has 1 atom stereocenters. The number of ether oxygens (including phenoxy) is 1. The average Bonchev–Trinajstić information content (AvgIpc) is 2.31. The van der Waals surface area contributed by atoms with Crippen LogP contribution in [0.2, 0.25) is 0 Å². The minimum absolute atomic E-state index is 0.0128. The molecule has 0 aromatic carbocycles. The summed E-state index contributed by atoms with van der Waals surface area (Å²) in [4.78, 5) is 33.4. The molecule has 108 valence electrons. The zero-order valence-corrected chi connectivity index (χ0v) is 11.0. The van der Waals surface area contributed by atoms with Crippen molar-refractivity contribution < 1.29 is 24.2 Å². The molecule has 0 saturated heterocycles. The van der Waals surface area contributed by atoms with Crippen molar-refractivity contribution in [3.8, 4) is 0 Å². The van der Waals surface area contributed by atoms with E-state index in [4.69, 9.17) is 5.11 Å². The van der Waals surface area contributed by atoms with E-state index in [1.807, 2.05) is 0 Å². The van der Waals surface area contributed by atoms with Crippen LogP contribution in [-0.4, -0.2) is 42.8 Å². The van der Waals surface area contributed by atoms with Gasteiger partial charge in [0.2, 0.25) is 0 Å². The number of amides is 2. The summed E-state index contributed by atoms with van der Waals surface area (Å²) >= 11 is 0. The summed E-state index contributed by atoms with van der Waals surface area (Å²) in [6, 6.07) is -1.59. The van der Waals surface area contributed by atoms with Crippen LogP contribution in [0.3, 0.4) is 0 Å². The van der Waals surface area contributed by atoms with Crippen LogP contribution in [-0.2, 0) is 14.3 Å². The van der Waals surface area contributed by atoms with Gasteiger partial charge in [-0.05, 0) is 25.2 Å². The molecular weight excluding hydrogens is 252 g/mol. The van der Waals surface area contributed by atoms with Crippen molar-refractivity contribution in [2.75, 3.05) is 13.7 Å². The molecule has 0 heterocycles. The van der Waals surface area contributed by atoms with Crippen LogP contribution >= 0.6 is 0 Å². The number of aliphatic carboxylic acids is 1. The maximum atomic E-state index is 11.5. The van der Waals surface area contributed by atoms with Crippen molar-refractivity contribution in [1.29, 1.82) is 0 Å². The Morgan fingerprint density at radius 1 is 1.37 bits per heavy atom. The van der Waals surface area contributed by atoms with Crippen molar-refractivity contribution in [2.24, 2.45) is 5.92 Å². The molecule has 7 nitrogen and oxygen atoms in total. The molecule has 0 radical (unpaired) electrons. The van der Waals surface area contributed by atoms with E-state index in [2.05, 4.69) is 15.4 Å². The summed E-state index contributed by atoms with van der Waals surface area (Å²) in [6.45, 7) is 0.565. The fourth-order valence-electron chi connectivity index (χ4n) is 1.76. The highest BCUT2D eigenvalue weighted by atomic mass is 16.5. The van der Waals surface area contributed by atoms with E-state index in [0.717, 1.165) is 12.8 Å². The Morgan fingerprint density at radius 2 is 2.05 bits per heavy atom. The third-order valence-corrected chi connectivity index (χ3v) is 3.24. The van der Waals surface area contributed by atoms with Crippen LogP contribution in [0, 0.1) is 5.92 Å². The quantitative estimate of drug-likeness (QED) is 0.585. The van der Waals surface area contributed by atoms with Gasteiger partial charge >= 0.3 is 18.0 Å². The molecule has 0 aromatic rings. The maximum absolute atomic E-state index is 11.5. The first kappa shape index (κ1) is 15.3. The van der Waals surface area contributed by atoms with Gasteiger partial charge in [-0.1, -0.05) is 6.42 Å². The summed E-state index contributed by atoms with van der Waals surface area (Å²) < 4.78 is 4.43. The first-order valence-corrected chi connectivity index (χ1v) is 6.37. The molecule has 1 fully saturated rings. The molecule has 0 aromatic heterocycles. The van der Waals surface area contributed by atoms with E-state index < -0.39 is 24.0 Å². The molecule has 1 saturated carbocycles. The summed E-state index contributed by atoms with van der Waals surface area (Å²) in [6.07, 6.45) is 3.36. The monoisotopic (exact) mass is 272 g/mol. The highest BCUT2D eigenvalue weighted by Crippen LogP contribution is 2.24. The lowest BCUT2D eigenvalue weighted by Crippen LogP contribution is -2.47. The summed E-state index contributed by atoms with van der Waals surface area (Å²) in [5.74, 6) is -1.16. The van der Waals surface area contributed by atoms with Crippen LogP contribution in [0.4, 0.5) is 4.79 Å². The predicted octanol–water partition coefficient (Wildman–Crippen LogP) is 0.492. The number of methoxy groups -OCH3 is 1. The number of carbonyl (C=O) groups excluding carboxylic acids is 2. The number of carbonyl (C=O) groups is 3. The summed E-state index contributed by atoms with van der Waals surface area (Å²) in [7, 11) is 1.23. The van der Waals surface area contributed by atoms with E-state index in [1.165, 1.54) is 13.5 Å². The predicted molar refractivity (Wildman–Crippen MR) is 66.5 cm³/mol. The third-order valence-electron chi connectivity index (χ3n) is 3.24. The Kier molecular flexibility index (Phi) is 6.11. The lowest BCUT2D eigenvalue weighted by Gasteiger charge is -2.25. The lowest BCUT2D eigenvalue weighted by molar-refractivity contribution is -0.142. The molecule has 3 N–H and O–H groups in total. The molecule has 0 spiro atoms. The lowest BCUT2D eigenvalue weighted by atomic mass is 9.85. The van der Waals surface area contributed by atoms with Gasteiger partial charge in [-0.25, -0.2) is 9.59 Å². The number of rotatable bonds is 7. The first-order valence-electron chi connectivity index (χ1n) is 6.37. The zero-order chi connectivity index (χ0) is 14.3. The van der Waals surface area contributed by atoms with Crippen molar-refractivity contribution in [1.82, 2.24) is 10.6 Å². The molecule has 1 aliphatic rings. The maximum Gasteiger partial charge on any atom is 0.326 e. The fraction of sp³-hybridized carbons (Fsp3) is 0.750. The third kappa shape index (κ3) is 5.58. The molecule has 0 unspecified atom stereocenters. The summed E-state index contributed by atoms with van der Waals surface area (Å²) in [5.41, 5.74) is 0. The molecule has 19 heavy (non-hydrogen) atoms. The number of carboxylic acids is 1. The number of hydrogen-bond donors (Lipinski definition) is 3. The van der Waals surface area contributed by atoms with Crippen molar-refractivity contribution in [3.63, 3.8) is 0 Å². The topological polar surface area (TPSA) is 105 Å². The van der Waals surface area contributed by atoms with Gasteiger partial charge in [-0.3, -0.25) is 4.79 Å². The number of esters is 1. The number of hydrogen-bond acceptors (Lipinski definition) is 4. The van der Waals surface area contributed by atoms with E-state index >= 15 is 0 Å². The highest BCUT2D eigenvalue weighted by Gasteiger charge is 2.22. The SMILES string of the molecule is COC(=O)CC[C@@H](NC(=O)NCC1CCC1)C(=O)O. The van der Waals surface area contributed by atoms with Crippen LogP contribution in [0.15, 0.2) is 0 Å². The van der Waals surface area contributed by atoms with E-state index in [0.29, 0.717) is 12.5 Å². The second-order valence-corrected chi connectivity index (χ2v) is 4.66. The zero-order valence-electron chi connectivity index (χ0n) is 11.0. The molecule has 2 amide bonds. The minimum Gasteiger partial charge on any atom is -0.480 e. The summed E-state index contributed by atoms with van der Waals surface area (Å²) in [5, 5.41) is 13.9. The standard InChI is InChI=1S/C12H20N2O5/c1-19-10(15)6-5-9(11(16)17)14-12(18)13-7-8-3-2-4-8/h8-9H,2-7H2,1H3,(H,16,17)(H2,13,14,18)/t9-/m1/s1. The van der Waals surface area contributed by atoms with Gasteiger partial charge in [0.1, 0.15) is 6.04 Å². The van der Waals surface area contributed by atoms with Crippen LogP contribution < -0.4 is 10.6 Å². The minimum atomic E-state index is -1.16. The largest absolute Gasteiger partial charge is 0.480 e. The van der Waals surface area contributed by atoms with Crippen molar-refractivity contribution in [2.45, 2.75) is 38.1 Å². The van der Waals surface area contributed by atoms with Gasteiger partial charge in [0.25, 0.3) is 0 Å². The molecule has 0 bridgehead atoms. The van der Waals surface area contributed by atoms with E-state index in [-0.39, 0.29) is 12.8 Å².